The summed E-state index contributed by atoms with van der Waals surface area (Å²) in [5, 5.41) is 6.92. The summed E-state index contributed by atoms with van der Waals surface area (Å²) >= 11 is 0. The fraction of sp³-hybridized carbons (Fsp3) is 0.400. The minimum absolute atomic E-state index is 0.224. The molecule has 3 aromatic rings. The number of imidazole rings is 1. The van der Waals surface area contributed by atoms with Crippen LogP contribution in [0.5, 0.6) is 5.75 Å². The van der Waals surface area contributed by atoms with Gasteiger partial charge in [0, 0.05) is 44.3 Å². The molecule has 1 aliphatic rings. The summed E-state index contributed by atoms with van der Waals surface area (Å²) in [5.74, 6) is 3.48. The van der Waals surface area contributed by atoms with Crippen LogP contribution in [0.1, 0.15) is 35.8 Å². The summed E-state index contributed by atoms with van der Waals surface area (Å²) in [6.45, 7) is 5.55. The van der Waals surface area contributed by atoms with Crippen LogP contribution in [0.25, 0.3) is 5.82 Å². The molecule has 1 atom stereocenters. The molecule has 33 heavy (non-hydrogen) atoms. The maximum absolute atomic E-state index is 5.66. The Morgan fingerprint density at radius 2 is 1.94 bits per heavy atom. The van der Waals surface area contributed by atoms with Gasteiger partial charge in [-0.15, -0.1) is 0 Å². The number of para-hydroxylation sites is 1. The van der Waals surface area contributed by atoms with Crippen molar-refractivity contribution in [1.82, 2.24) is 30.1 Å². The summed E-state index contributed by atoms with van der Waals surface area (Å²) in [6, 6.07) is 12.6. The summed E-state index contributed by atoms with van der Waals surface area (Å²) in [7, 11) is 3.54. The Morgan fingerprint density at radius 3 is 2.61 bits per heavy atom. The number of aromatic nitrogens is 3. The molecule has 0 aliphatic carbocycles. The SMILES string of the molecule is CN=C(NCc1ccc(-n2ccnc2C)nc1)NCC(c1ccccc1OC)N1CCCC1. The number of guanidine groups is 1. The zero-order valence-corrected chi connectivity index (χ0v) is 19.7. The smallest absolute Gasteiger partial charge is 0.191 e. The van der Waals surface area contributed by atoms with Crippen molar-refractivity contribution in [3.05, 3.63) is 71.9 Å². The van der Waals surface area contributed by atoms with Gasteiger partial charge < -0.3 is 15.4 Å². The van der Waals surface area contributed by atoms with Crippen LogP contribution in [0.2, 0.25) is 0 Å². The molecule has 1 saturated heterocycles. The Balaban J connectivity index is 1.38. The van der Waals surface area contributed by atoms with E-state index >= 15 is 0 Å². The van der Waals surface area contributed by atoms with E-state index in [1.54, 1.807) is 20.4 Å². The van der Waals surface area contributed by atoms with Gasteiger partial charge in [-0.3, -0.25) is 14.5 Å². The van der Waals surface area contributed by atoms with E-state index in [1.807, 2.05) is 42.1 Å². The molecule has 0 radical (unpaired) electrons. The Hall–Kier alpha value is -3.39. The van der Waals surface area contributed by atoms with Crippen molar-refractivity contribution in [2.24, 2.45) is 4.99 Å². The summed E-state index contributed by atoms with van der Waals surface area (Å²) in [6.07, 6.45) is 8.06. The van der Waals surface area contributed by atoms with E-state index in [9.17, 15) is 0 Å². The van der Waals surface area contributed by atoms with Gasteiger partial charge in [-0.1, -0.05) is 24.3 Å². The van der Waals surface area contributed by atoms with Crippen molar-refractivity contribution in [3.63, 3.8) is 0 Å². The highest BCUT2D eigenvalue weighted by Gasteiger charge is 2.26. The minimum Gasteiger partial charge on any atom is -0.496 e. The minimum atomic E-state index is 0.224. The largest absolute Gasteiger partial charge is 0.496 e. The zero-order chi connectivity index (χ0) is 23.0. The van der Waals surface area contributed by atoms with Gasteiger partial charge in [0.2, 0.25) is 0 Å². The predicted octanol–water partition coefficient (Wildman–Crippen LogP) is 3.09. The van der Waals surface area contributed by atoms with Crippen LogP contribution in [0.4, 0.5) is 0 Å². The van der Waals surface area contributed by atoms with E-state index in [4.69, 9.17) is 4.74 Å². The van der Waals surface area contributed by atoms with Gasteiger partial charge in [-0.25, -0.2) is 9.97 Å². The first kappa shape index (κ1) is 22.8. The zero-order valence-electron chi connectivity index (χ0n) is 19.7. The molecule has 1 aromatic carbocycles. The number of ether oxygens (including phenoxy) is 1. The van der Waals surface area contributed by atoms with Crippen molar-refractivity contribution < 1.29 is 4.74 Å². The van der Waals surface area contributed by atoms with Crippen LogP contribution in [0.15, 0.2) is 60.0 Å². The molecule has 4 rings (SSSR count). The normalized spacial score (nSPS) is 15.4. The van der Waals surface area contributed by atoms with Gasteiger partial charge in [-0.2, -0.15) is 0 Å². The molecule has 0 bridgehead atoms. The van der Waals surface area contributed by atoms with Crippen molar-refractivity contribution >= 4 is 5.96 Å². The highest BCUT2D eigenvalue weighted by molar-refractivity contribution is 5.79. The van der Waals surface area contributed by atoms with Crippen molar-refractivity contribution in [2.75, 3.05) is 33.8 Å². The first-order chi connectivity index (χ1) is 16.2. The van der Waals surface area contributed by atoms with Gasteiger partial charge in [-0.05, 0) is 50.6 Å². The molecule has 8 heteroatoms. The number of benzene rings is 1. The molecule has 1 unspecified atom stereocenters. The van der Waals surface area contributed by atoms with Crippen LogP contribution in [-0.4, -0.2) is 59.2 Å². The fourth-order valence-corrected chi connectivity index (χ4v) is 4.31. The average Bonchev–Trinajstić information content (AvgIpc) is 3.54. The van der Waals surface area contributed by atoms with Crippen molar-refractivity contribution in [1.29, 1.82) is 0 Å². The third-order valence-electron chi connectivity index (χ3n) is 6.11. The number of nitrogens with one attached hydrogen (secondary N) is 2. The molecule has 2 N–H and O–H groups in total. The van der Waals surface area contributed by atoms with Gasteiger partial charge in [0.25, 0.3) is 0 Å². The molecule has 8 nitrogen and oxygen atoms in total. The van der Waals surface area contributed by atoms with Crippen molar-refractivity contribution in [2.45, 2.75) is 32.4 Å². The number of hydrogen-bond acceptors (Lipinski definition) is 5. The van der Waals surface area contributed by atoms with E-state index in [2.05, 4.69) is 48.7 Å². The van der Waals surface area contributed by atoms with Gasteiger partial charge in [0.15, 0.2) is 5.96 Å². The van der Waals surface area contributed by atoms with Gasteiger partial charge in [0.05, 0.1) is 13.2 Å². The van der Waals surface area contributed by atoms with Gasteiger partial charge in [0.1, 0.15) is 17.4 Å². The van der Waals surface area contributed by atoms with E-state index in [0.717, 1.165) is 48.5 Å². The summed E-state index contributed by atoms with van der Waals surface area (Å²) in [4.78, 5) is 15.8. The molecular weight excluding hydrogens is 414 g/mol. The third-order valence-corrected chi connectivity index (χ3v) is 6.11. The average molecular weight is 448 g/mol. The monoisotopic (exact) mass is 447 g/mol. The number of rotatable bonds is 8. The van der Waals surface area contributed by atoms with E-state index in [0.29, 0.717) is 6.54 Å². The lowest BCUT2D eigenvalue weighted by Gasteiger charge is -2.30. The summed E-state index contributed by atoms with van der Waals surface area (Å²) < 4.78 is 7.62. The molecule has 3 heterocycles. The van der Waals surface area contributed by atoms with Crippen LogP contribution in [0, 0.1) is 6.92 Å². The number of nitrogens with zero attached hydrogens (tertiary/aromatic N) is 5. The molecular formula is C25H33N7O. The van der Waals surface area contributed by atoms with Gasteiger partial charge >= 0.3 is 0 Å². The first-order valence-electron chi connectivity index (χ1n) is 11.5. The molecule has 0 amide bonds. The highest BCUT2D eigenvalue weighted by atomic mass is 16.5. The third kappa shape index (κ3) is 5.51. The van der Waals surface area contributed by atoms with Crippen LogP contribution in [-0.2, 0) is 6.54 Å². The second-order valence-corrected chi connectivity index (χ2v) is 8.18. The number of aliphatic imine (C=N–C) groups is 1. The van der Waals surface area contributed by atoms with Crippen LogP contribution >= 0.6 is 0 Å². The Kier molecular flexibility index (Phi) is 7.57. The lowest BCUT2D eigenvalue weighted by atomic mass is 10.0. The number of methoxy groups -OCH3 is 1. The van der Waals surface area contributed by atoms with Crippen LogP contribution < -0.4 is 15.4 Å². The highest BCUT2D eigenvalue weighted by Crippen LogP contribution is 2.31. The summed E-state index contributed by atoms with van der Waals surface area (Å²) in [5.41, 5.74) is 2.29. The standard InChI is InChI=1S/C25H33N7O/c1-19-27-12-15-32(19)24-11-10-20(16-28-24)17-29-25(26-2)30-18-22(31-13-6-7-14-31)21-8-4-5-9-23(21)33-3/h4-5,8-12,15-16,22H,6-7,13-14,17-18H2,1-3H3,(H2,26,29,30). The Labute approximate surface area is 195 Å². The topological polar surface area (TPSA) is 79.6 Å². The quantitative estimate of drug-likeness (QED) is 0.408. The molecule has 1 aliphatic heterocycles. The second kappa shape index (κ2) is 11.0. The molecule has 1 fully saturated rings. The van der Waals surface area contributed by atoms with E-state index in [-0.39, 0.29) is 6.04 Å². The fourth-order valence-electron chi connectivity index (χ4n) is 4.31. The molecule has 174 valence electrons. The predicted molar refractivity (Wildman–Crippen MR) is 131 cm³/mol. The van der Waals surface area contributed by atoms with E-state index in [1.165, 1.54) is 18.4 Å². The van der Waals surface area contributed by atoms with E-state index < -0.39 is 0 Å². The Bertz CT molecular complexity index is 1050. The molecule has 0 saturated carbocycles. The lowest BCUT2D eigenvalue weighted by Crippen LogP contribution is -2.42. The second-order valence-electron chi connectivity index (χ2n) is 8.18. The Morgan fingerprint density at radius 1 is 1.12 bits per heavy atom. The number of aryl methyl sites for hydroxylation is 1. The molecule has 2 aromatic heterocycles. The lowest BCUT2D eigenvalue weighted by molar-refractivity contribution is 0.239. The maximum Gasteiger partial charge on any atom is 0.191 e. The first-order valence-corrected chi connectivity index (χ1v) is 11.5. The van der Waals surface area contributed by atoms with Crippen LogP contribution in [0.3, 0.4) is 0 Å². The number of likely N-dealkylation sites (tertiary alicyclic amines) is 1. The maximum atomic E-state index is 5.66. The molecule has 0 spiro atoms. The number of pyridine rings is 1. The number of hydrogen-bond donors (Lipinski definition) is 2. The van der Waals surface area contributed by atoms with Crippen molar-refractivity contribution in [3.8, 4) is 11.6 Å².